The molecule has 2 fully saturated rings. The van der Waals surface area contributed by atoms with Crippen LogP contribution >= 0.6 is 0 Å². The number of nitrogens with two attached hydrogens (primary N) is 1. The van der Waals surface area contributed by atoms with Crippen LogP contribution in [0.4, 0.5) is 5.69 Å². The maximum Gasteiger partial charge on any atom is 0.274 e. The lowest BCUT2D eigenvalue weighted by atomic mass is 9.97. The highest BCUT2D eigenvalue weighted by Gasteiger charge is 2.26. The lowest BCUT2D eigenvalue weighted by Gasteiger charge is -2.33. The van der Waals surface area contributed by atoms with Crippen LogP contribution in [0.1, 0.15) is 41.6 Å². The molecule has 1 aromatic rings. The summed E-state index contributed by atoms with van der Waals surface area (Å²) < 4.78 is 0. The highest BCUT2D eigenvalue weighted by Crippen LogP contribution is 2.25. The number of carbonyl (C=O) groups is 2. The van der Waals surface area contributed by atoms with E-state index in [0.29, 0.717) is 24.6 Å². The van der Waals surface area contributed by atoms with Gasteiger partial charge >= 0.3 is 0 Å². The van der Waals surface area contributed by atoms with Crippen LogP contribution < -0.4 is 16.4 Å². The molecule has 0 saturated carbocycles. The van der Waals surface area contributed by atoms with Gasteiger partial charge in [0, 0.05) is 36.8 Å². The van der Waals surface area contributed by atoms with E-state index in [4.69, 9.17) is 5.73 Å². The van der Waals surface area contributed by atoms with Gasteiger partial charge in [0.15, 0.2) is 0 Å². The summed E-state index contributed by atoms with van der Waals surface area (Å²) in [5, 5.41) is 17.6. The van der Waals surface area contributed by atoms with Crippen molar-refractivity contribution < 1.29 is 14.5 Å². The van der Waals surface area contributed by atoms with Gasteiger partial charge in [0.25, 0.3) is 5.69 Å². The fourth-order valence-electron chi connectivity index (χ4n) is 4.00. The third-order valence-electron chi connectivity index (χ3n) is 5.51. The second-order valence-corrected chi connectivity index (χ2v) is 7.60. The zero-order valence-corrected chi connectivity index (χ0v) is 15.9. The standard InChI is InChI=1S/C19H27N5O4/c20-18(25)14-5-6-15(17(9-14)24(27)28)12-23-8-2-3-13(11-23)10-22-19(26)16-4-1-7-21-16/h5-6,9,13,16,21H,1-4,7-8,10-12H2,(H2,20,25)(H,22,26). The molecule has 2 atom stereocenters. The smallest absolute Gasteiger partial charge is 0.274 e. The van der Waals surface area contributed by atoms with E-state index < -0.39 is 10.8 Å². The summed E-state index contributed by atoms with van der Waals surface area (Å²) in [6.07, 6.45) is 3.92. The van der Waals surface area contributed by atoms with E-state index >= 15 is 0 Å². The van der Waals surface area contributed by atoms with Crippen molar-refractivity contribution in [3.63, 3.8) is 0 Å². The van der Waals surface area contributed by atoms with E-state index in [2.05, 4.69) is 15.5 Å². The summed E-state index contributed by atoms with van der Waals surface area (Å²) in [4.78, 5) is 36.5. The Morgan fingerprint density at radius 2 is 2.14 bits per heavy atom. The van der Waals surface area contributed by atoms with Crippen molar-refractivity contribution in [3.05, 3.63) is 39.4 Å². The van der Waals surface area contributed by atoms with Crippen LogP contribution in [0.2, 0.25) is 0 Å². The lowest BCUT2D eigenvalue weighted by Crippen LogP contribution is -2.45. The average molecular weight is 389 g/mol. The van der Waals surface area contributed by atoms with Crippen molar-refractivity contribution in [2.24, 2.45) is 11.7 Å². The fourth-order valence-corrected chi connectivity index (χ4v) is 4.00. The van der Waals surface area contributed by atoms with Crippen molar-refractivity contribution in [1.82, 2.24) is 15.5 Å². The first-order valence-electron chi connectivity index (χ1n) is 9.74. The Morgan fingerprint density at radius 3 is 2.82 bits per heavy atom. The number of nitrogens with one attached hydrogen (secondary N) is 2. The summed E-state index contributed by atoms with van der Waals surface area (Å²) >= 11 is 0. The van der Waals surface area contributed by atoms with E-state index in [1.54, 1.807) is 6.07 Å². The maximum atomic E-state index is 12.2. The molecule has 2 saturated heterocycles. The Kier molecular flexibility index (Phi) is 6.58. The number of benzene rings is 1. The Bertz CT molecular complexity index is 748. The quantitative estimate of drug-likeness (QED) is 0.466. The lowest BCUT2D eigenvalue weighted by molar-refractivity contribution is -0.385. The van der Waals surface area contributed by atoms with E-state index in [0.717, 1.165) is 45.3 Å². The molecule has 9 heteroatoms. The first kappa shape index (κ1) is 20.2. The van der Waals surface area contributed by atoms with Gasteiger partial charge in [0.2, 0.25) is 11.8 Å². The Labute approximate surface area is 163 Å². The molecule has 4 N–H and O–H groups in total. The van der Waals surface area contributed by atoms with Gasteiger partial charge in [-0.25, -0.2) is 0 Å². The number of likely N-dealkylation sites (tertiary alicyclic amines) is 1. The summed E-state index contributed by atoms with van der Waals surface area (Å²) in [7, 11) is 0. The molecule has 2 heterocycles. The number of amides is 2. The Balaban J connectivity index is 1.58. The van der Waals surface area contributed by atoms with Crippen LogP contribution in [0.3, 0.4) is 0 Å². The van der Waals surface area contributed by atoms with Crippen molar-refractivity contribution in [2.45, 2.75) is 38.3 Å². The number of nitro groups is 1. The van der Waals surface area contributed by atoms with Gasteiger partial charge in [-0.1, -0.05) is 6.07 Å². The Hall–Kier alpha value is -2.52. The van der Waals surface area contributed by atoms with Crippen LogP contribution in [0.5, 0.6) is 0 Å². The number of primary amides is 1. The van der Waals surface area contributed by atoms with Crippen LogP contribution in [0.15, 0.2) is 18.2 Å². The van der Waals surface area contributed by atoms with E-state index in [1.807, 2.05) is 0 Å². The topological polar surface area (TPSA) is 131 Å². The highest BCUT2D eigenvalue weighted by molar-refractivity contribution is 5.93. The maximum absolute atomic E-state index is 12.2. The number of hydrogen-bond donors (Lipinski definition) is 3. The molecule has 28 heavy (non-hydrogen) atoms. The Morgan fingerprint density at radius 1 is 1.32 bits per heavy atom. The van der Waals surface area contributed by atoms with Gasteiger partial charge in [0.1, 0.15) is 0 Å². The molecule has 152 valence electrons. The van der Waals surface area contributed by atoms with Gasteiger partial charge < -0.3 is 16.4 Å². The number of carbonyl (C=O) groups excluding carboxylic acids is 2. The molecule has 1 aromatic carbocycles. The molecule has 2 amide bonds. The largest absolute Gasteiger partial charge is 0.366 e. The number of nitrogens with zero attached hydrogens (tertiary/aromatic N) is 2. The molecule has 0 radical (unpaired) electrons. The molecule has 2 unspecified atom stereocenters. The summed E-state index contributed by atoms with van der Waals surface area (Å²) in [6.45, 7) is 3.57. The van der Waals surface area contributed by atoms with Gasteiger partial charge in [-0.3, -0.25) is 24.6 Å². The van der Waals surface area contributed by atoms with Crippen molar-refractivity contribution in [3.8, 4) is 0 Å². The number of rotatable bonds is 7. The zero-order valence-electron chi connectivity index (χ0n) is 15.9. The number of hydrogen-bond acceptors (Lipinski definition) is 6. The molecular formula is C19H27N5O4. The molecule has 0 bridgehead atoms. The SMILES string of the molecule is NC(=O)c1ccc(CN2CCCC(CNC(=O)C3CCCN3)C2)c([N+](=O)[O-])c1. The van der Waals surface area contributed by atoms with Crippen LogP contribution in [-0.2, 0) is 11.3 Å². The predicted octanol–water partition coefficient (Wildman–Crippen LogP) is 0.774. The van der Waals surface area contributed by atoms with Gasteiger partial charge in [0.05, 0.1) is 11.0 Å². The average Bonchev–Trinajstić information content (AvgIpc) is 3.21. The molecule has 3 rings (SSSR count). The van der Waals surface area contributed by atoms with E-state index in [9.17, 15) is 19.7 Å². The van der Waals surface area contributed by atoms with Gasteiger partial charge in [-0.15, -0.1) is 0 Å². The normalized spacial score (nSPS) is 22.7. The third-order valence-corrected chi connectivity index (χ3v) is 5.51. The highest BCUT2D eigenvalue weighted by atomic mass is 16.6. The first-order valence-corrected chi connectivity index (χ1v) is 9.74. The first-order chi connectivity index (χ1) is 13.4. The monoisotopic (exact) mass is 389 g/mol. The zero-order chi connectivity index (χ0) is 20.1. The molecule has 9 nitrogen and oxygen atoms in total. The number of piperidine rings is 1. The molecule has 0 aromatic heterocycles. The van der Waals surface area contributed by atoms with Gasteiger partial charge in [-0.2, -0.15) is 0 Å². The molecule has 0 spiro atoms. The van der Waals surface area contributed by atoms with Crippen LogP contribution in [-0.4, -0.2) is 53.9 Å². The van der Waals surface area contributed by atoms with Crippen molar-refractivity contribution >= 4 is 17.5 Å². The molecular weight excluding hydrogens is 362 g/mol. The van der Waals surface area contributed by atoms with Crippen molar-refractivity contribution in [2.75, 3.05) is 26.2 Å². The van der Waals surface area contributed by atoms with Crippen LogP contribution in [0, 0.1) is 16.0 Å². The predicted molar refractivity (Wildman–Crippen MR) is 104 cm³/mol. The minimum Gasteiger partial charge on any atom is -0.366 e. The van der Waals surface area contributed by atoms with Gasteiger partial charge in [-0.05, 0) is 50.8 Å². The molecule has 2 aliphatic heterocycles. The summed E-state index contributed by atoms with van der Waals surface area (Å²) in [5.74, 6) is -0.296. The second kappa shape index (κ2) is 9.11. The van der Waals surface area contributed by atoms with Crippen LogP contribution in [0.25, 0.3) is 0 Å². The minimum absolute atomic E-state index is 0.0623. The minimum atomic E-state index is -0.680. The van der Waals surface area contributed by atoms with E-state index in [1.165, 1.54) is 12.1 Å². The summed E-state index contributed by atoms with van der Waals surface area (Å²) in [6, 6.07) is 4.30. The third kappa shape index (κ3) is 5.05. The van der Waals surface area contributed by atoms with Crippen molar-refractivity contribution in [1.29, 1.82) is 0 Å². The fraction of sp³-hybridized carbons (Fsp3) is 0.579. The molecule has 2 aliphatic rings. The summed E-state index contributed by atoms with van der Waals surface area (Å²) in [5.41, 5.74) is 5.84. The van der Waals surface area contributed by atoms with E-state index in [-0.39, 0.29) is 23.2 Å². The number of nitro benzene ring substituents is 1. The second-order valence-electron chi connectivity index (χ2n) is 7.60. The molecule has 0 aliphatic carbocycles.